The van der Waals surface area contributed by atoms with Crippen molar-refractivity contribution < 1.29 is 19.1 Å². The Morgan fingerprint density at radius 2 is 1.68 bits per heavy atom. The van der Waals surface area contributed by atoms with Crippen LogP contribution in [-0.4, -0.2) is 36.5 Å². The van der Waals surface area contributed by atoms with Crippen LogP contribution in [0.3, 0.4) is 0 Å². The van der Waals surface area contributed by atoms with Gasteiger partial charge in [-0.3, -0.25) is 9.59 Å². The molecule has 0 saturated heterocycles. The van der Waals surface area contributed by atoms with Crippen molar-refractivity contribution in [2.75, 3.05) is 6.61 Å². The molecule has 0 aromatic heterocycles. The molecule has 0 fully saturated rings. The molecule has 0 aliphatic rings. The van der Waals surface area contributed by atoms with Crippen molar-refractivity contribution in [2.45, 2.75) is 52.6 Å². The van der Waals surface area contributed by atoms with E-state index in [0.29, 0.717) is 5.56 Å². The Morgan fingerprint density at radius 1 is 1.04 bits per heavy atom. The molecule has 0 bridgehead atoms. The molecule has 0 heterocycles. The van der Waals surface area contributed by atoms with Gasteiger partial charge < -0.3 is 15.4 Å². The van der Waals surface area contributed by atoms with Crippen LogP contribution in [-0.2, 0) is 14.3 Å². The highest BCUT2D eigenvalue weighted by atomic mass is 16.5. The predicted molar refractivity (Wildman–Crippen MR) is 96.0 cm³/mol. The minimum Gasteiger partial charge on any atom is -0.464 e. The lowest BCUT2D eigenvalue weighted by molar-refractivity contribution is -0.149. The number of esters is 1. The number of hydrogen-bond acceptors (Lipinski definition) is 4. The Labute approximate surface area is 149 Å². The summed E-state index contributed by atoms with van der Waals surface area (Å²) in [6.07, 6.45) is 0.828. The zero-order chi connectivity index (χ0) is 18.8. The van der Waals surface area contributed by atoms with Gasteiger partial charge in [-0.2, -0.15) is 0 Å². The van der Waals surface area contributed by atoms with E-state index >= 15 is 0 Å². The van der Waals surface area contributed by atoms with E-state index in [1.165, 1.54) is 0 Å². The van der Waals surface area contributed by atoms with Crippen molar-refractivity contribution in [3.8, 4) is 0 Å². The smallest absolute Gasteiger partial charge is 0.328 e. The van der Waals surface area contributed by atoms with Crippen molar-refractivity contribution in [3.05, 3.63) is 35.9 Å². The van der Waals surface area contributed by atoms with Gasteiger partial charge in [0.05, 0.1) is 6.61 Å². The molecule has 1 rings (SSSR count). The highest BCUT2D eigenvalue weighted by Crippen LogP contribution is 2.10. The molecule has 0 radical (unpaired) electrons. The average Bonchev–Trinajstić information content (AvgIpc) is 2.59. The average molecular weight is 348 g/mol. The van der Waals surface area contributed by atoms with E-state index in [-0.39, 0.29) is 36.8 Å². The molecule has 6 heteroatoms. The maximum atomic E-state index is 12.2. The van der Waals surface area contributed by atoms with Gasteiger partial charge in [0.15, 0.2) is 0 Å². The maximum absolute atomic E-state index is 12.2. The number of carbonyl (C=O) groups is 3. The summed E-state index contributed by atoms with van der Waals surface area (Å²) in [5.74, 6) is -0.979. The molecule has 3 unspecified atom stereocenters. The summed E-state index contributed by atoms with van der Waals surface area (Å²) in [4.78, 5) is 36.4. The first-order valence-corrected chi connectivity index (χ1v) is 8.70. The van der Waals surface area contributed by atoms with E-state index in [1.54, 1.807) is 38.1 Å². The van der Waals surface area contributed by atoms with Crippen LogP contribution >= 0.6 is 0 Å². The molecule has 0 spiro atoms. The maximum Gasteiger partial charge on any atom is 0.328 e. The van der Waals surface area contributed by atoms with Gasteiger partial charge in [-0.25, -0.2) is 4.79 Å². The van der Waals surface area contributed by atoms with Crippen molar-refractivity contribution >= 4 is 17.8 Å². The summed E-state index contributed by atoms with van der Waals surface area (Å²) >= 11 is 0. The quantitative estimate of drug-likeness (QED) is 0.671. The van der Waals surface area contributed by atoms with E-state index in [9.17, 15) is 14.4 Å². The third-order valence-corrected chi connectivity index (χ3v) is 3.98. The van der Waals surface area contributed by atoms with Gasteiger partial charge in [0.25, 0.3) is 5.91 Å². The first kappa shape index (κ1) is 20.7. The summed E-state index contributed by atoms with van der Waals surface area (Å²) in [5.41, 5.74) is 0.541. The zero-order valence-electron chi connectivity index (χ0n) is 15.4. The predicted octanol–water partition coefficient (Wildman–Crippen LogP) is 2.29. The summed E-state index contributed by atoms with van der Waals surface area (Å²) in [7, 11) is 0. The molecule has 0 aliphatic heterocycles. The van der Waals surface area contributed by atoms with Gasteiger partial charge in [-0.05, 0) is 31.9 Å². The molecule has 25 heavy (non-hydrogen) atoms. The van der Waals surface area contributed by atoms with Crippen LogP contribution in [0.15, 0.2) is 30.3 Å². The number of benzene rings is 1. The third-order valence-electron chi connectivity index (χ3n) is 3.98. The van der Waals surface area contributed by atoms with Crippen LogP contribution in [0.25, 0.3) is 0 Å². The summed E-state index contributed by atoms with van der Waals surface area (Å²) in [5, 5.41) is 5.51. The Balaban J connectivity index is 2.57. The van der Waals surface area contributed by atoms with Crippen LogP contribution in [0.1, 0.15) is 50.9 Å². The van der Waals surface area contributed by atoms with Crippen LogP contribution in [0.5, 0.6) is 0 Å². The first-order chi connectivity index (χ1) is 11.9. The molecular formula is C19H28N2O4. The molecule has 0 saturated carbocycles. The minimum atomic E-state index is -0.672. The second kappa shape index (κ2) is 10.5. The monoisotopic (exact) mass is 348 g/mol. The molecule has 1 aromatic carbocycles. The van der Waals surface area contributed by atoms with Gasteiger partial charge >= 0.3 is 5.97 Å². The molecule has 2 N–H and O–H groups in total. The van der Waals surface area contributed by atoms with E-state index in [1.807, 2.05) is 19.9 Å². The number of amides is 2. The summed E-state index contributed by atoms with van der Waals surface area (Å²) in [6.45, 7) is 7.59. The molecule has 3 atom stereocenters. The normalized spacial score (nSPS) is 14.1. The van der Waals surface area contributed by atoms with Crippen LogP contribution in [0.2, 0.25) is 0 Å². The Morgan fingerprint density at radius 3 is 2.24 bits per heavy atom. The van der Waals surface area contributed by atoms with Crippen molar-refractivity contribution in [1.29, 1.82) is 0 Å². The van der Waals surface area contributed by atoms with Crippen LogP contribution < -0.4 is 10.6 Å². The van der Waals surface area contributed by atoms with Crippen molar-refractivity contribution in [1.82, 2.24) is 10.6 Å². The topological polar surface area (TPSA) is 84.5 Å². The Kier molecular flexibility index (Phi) is 8.67. The number of nitrogens with one attached hydrogen (secondary N) is 2. The SMILES string of the molecule is CCOC(=O)C(NC(=O)CC(C)NC(=O)c1ccccc1)C(C)CC. The Hall–Kier alpha value is -2.37. The van der Waals surface area contributed by atoms with Gasteiger partial charge in [0.1, 0.15) is 6.04 Å². The van der Waals surface area contributed by atoms with Gasteiger partial charge in [-0.1, -0.05) is 38.5 Å². The first-order valence-electron chi connectivity index (χ1n) is 8.70. The lowest BCUT2D eigenvalue weighted by Gasteiger charge is -2.23. The van der Waals surface area contributed by atoms with Crippen molar-refractivity contribution in [3.63, 3.8) is 0 Å². The zero-order valence-corrected chi connectivity index (χ0v) is 15.4. The van der Waals surface area contributed by atoms with Crippen molar-refractivity contribution in [2.24, 2.45) is 5.92 Å². The number of ether oxygens (including phenoxy) is 1. The lowest BCUT2D eigenvalue weighted by Crippen LogP contribution is -2.47. The van der Waals surface area contributed by atoms with E-state index in [0.717, 1.165) is 6.42 Å². The minimum absolute atomic E-state index is 0.0304. The fraction of sp³-hybridized carbons (Fsp3) is 0.526. The van der Waals surface area contributed by atoms with Crippen LogP contribution in [0, 0.1) is 5.92 Å². The molecule has 0 aliphatic carbocycles. The van der Waals surface area contributed by atoms with Crippen LogP contribution in [0.4, 0.5) is 0 Å². The van der Waals surface area contributed by atoms with E-state index in [4.69, 9.17) is 4.74 Å². The summed E-state index contributed by atoms with van der Waals surface area (Å²) in [6, 6.07) is 7.79. The molecule has 6 nitrogen and oxygen atoms in total. The largest absolute Gasteiger partial charge is 0.464 e. The highest BCUT2D eigenvalue weighted by molar-refractivity contribution is 5.94. The molecule has 138 valence electrons. The molecule has 2 amide bonds. The second-order valence-corrected chi connectivity index (χ2v) is 6.13. The number of hydrogen-bond donors (Lipinski definition) is 2. The lowest BCUT2D eigenvalue weighted by atomic mass is 9.99. The van der Waals surface area contributed by atoms with Gasteiger partial charge in [0, 0.05) is 18.0 Å². The Bertz CT molecular complexity index is 574. The third kappa shape index (κ3) is 6.95. The van der Waals surface area contributed by atoms with E-state index in [2.05, 4.69) is 10.6 Å². The second-order valence-electron chi connectivity index (χ2n) is 6.13. The van der Waals surface area contributed by atoms with Gasteiger partial charge in [0.2, 0.25) is 5.91 Å². The molecular weight excluding hydrogens is 320 g/mol. The fourth-order valence-corrected chi connectivity index (χ4v) is 2.36. The fourth-order valence-electron chi connectivity index (χ4n) is 2.36. The number of carbonyl (C=O) groups excluding carboxylic acids is 3. The molecule has 1 aromatic rings. The number of rotatable bonds is 9. The van der Waals surface area contributed by atoms with E-state index < -0.39 is 12.0 Å². The van der Waals surface area contributed by atoms with Gasteiger partial charge in [-0.15, -0.1) is 0 Å². The summed E-state index contributed by atoms with van der Waals surface area (Å²) < 4.78 is 5.03. The standard InChI is InChI=1S/C19H28N2O4/c1-5-13(3)17(19(24)25-6-2)21-16(22)12-14(4)20-18(23)15-10-8-7-9-11-15/h7-11,13-14,17H,5-6,12H2,1-4H3,(H,20,23)(H,21,22). The highest BCUT2D eigenvalue weighted by Gasteiger charge is 2.27.